The van der Waals surface area contributed by atoms with E-state index in [1.807, 2.05) is 56.3 Å². The van der Waals surface area contributed by atoms with Crippen molar-refractivity contribution in [3.05, 3.63) is 53.6 Å². The summed E-state index contributed by atoms with van der Waals surface area (Å²) in [6.45, 7) is 8.31. The minimum Gasteiger partial charge on any atom is -0.491 e. The van der Waals surface area contributed by atoms with E-state index in [0.717, 1.165) is 17.1 Å². The topological polar surface area (TPSA) is 50.4 Å². The first-order chi connectivity index (χ1) is 10.9. The predicted octanol–water partition coefficient (Wildman–Crippen LogP) is 4.14. The van der Waals surface area contributed by atoms with E-state index in [4.69, 9.17) is 4.74 Å². The summed E-state index contributed by atoms with van der Waals surface area (Å²) < 4.78 is 5.58. The molecule has 2 aromatic rings. The molecule has 0 aliphatic rings. The summed E-state index contributed by atoms with van der Waals surface area (Å²) in [4.78, 5) is 12.0. The van der Waals surface area contributed by atoms with Crippen LogP contribution in [0.5, 0.6) is 5.75 Å². The Kier molecular flexibility index (Phi) is 5.63. The van der Waals surface area contributed by atoms with E-state index in [2.05, 4.69) is 24.5 Å². The van der Waals surface area contributed by atoms with Gasteiger partial charge < -0.3 is 15.4 Å². The molecule has 0 aromatic heterocycles. The van der Waals surface area contributed by atoms with Gasteiger partial charge in [-0.2, -0.15) is 0 Å². The van der Waals surface area contributed by atoms with Gasteiger partial charge in [0.15, 0.2) is 0 Å². The van der Waals surface area contributed by atoms with Crippen LogP contribution in [0.4, 0.5) is 11.4 Å². The number of hydrogen-bond acceptors (Lipinski definition) is 3. The molecule has 0 saturated heterocycles. The van der Waals surface area contributed by atoms with Crippen LogP contribution in [-0.4, -0.2) is 18.6 Å². The van der Waals surface area contributed by atoms with Gasteiger partial charge in [-0.05, 0) is 75.2 Å². The van der Waals surface area contributed by atoms with E-state index in [9.17, 15) is 4.79 Å². The quantitative estimate of drug-likeness (QED) is 0.843. The van der Waals surface area contributed by atoms with Crippen LogP contribution in [0.3, 0.4) is 0 Å². The van der Waals surface area contributed by atoms with Crippen LogP contribution in [0, 0.1) is 13.8 Å². The van der Waals surface area contributed by atoms with Crippen LogP contribution < -0.4 is 15.4 Å². The SMILES string of the molecule is Cc1ccc(NCC(=O)Nc2ccc(OC(C)C)cc2)cc1C. The molecule has 4 nitrogen and oxygen atoms in total. The largest absolute Gasteiger partial charge is 0.491 e. The van der Waals surface area contributed by atoms with Crippen molar-refractivity contribution >= 4 is 17.3 Å². The highest BCUT2D eigenvalue weighted by atomic mass is 16.5. The molecule has 122 valence electrons. The lowest BCUT2D eigenvalue weighted by Crippen LogP contribution is -2.21. The third-order valence-electron chi connectivity index (χ3n) is 3.47. The minimum atomic E-state index is -0.0826. The Morgan fingerprint density at radius 3 is 2.26 bits per heavy atom. The van der Waals surface area contributed by atoms with Gasteiger partial charge in [0, 0.05) is 11.4 Å². The molecule has 0 radical (unpaired) electrons. The number of anilines is 2. The minimum absolute atomic E-state index is 0.0826. The second-order valence-electron chi connectivity index (χ2n) is 5.89. The molecule has 2 aromatic carbocycles. The summed E-state index contributed by atoms with van der Waals surface area (Å²) >= 11 is 0. The van der Waals surface area contributed by atoms with Crippen molar-refractivity contribution in [1.82, 2.24) is 0 Å². The highest BCUT2D eigenvalue weighted by Gasteiger charge is 2.04. The number of benzene rings is 2. The van der Waals surface area contributed by atoms with Crippen LogP contribution >= 0.6 is 0 Å². The molecule has 1 amide bonds. The van der Waals surface area contributed by atoms with Crippen molar-refractivity contribution in [3.63, 3.8) is 0 Å². The number of ether oxygens (including phenoxy) is 1. The highest BCUT2D eigenvalue weighted by Crippen LogP contribution is 2.17. The molecule has 0 spiro atoms. The molecule has 0 heterocycles. The molecule has 0 atom stereocenters. The van der Waals surface area contributed by atoms with Gasteiger partial charge in [0.25, 0.3) is 0 Å². The fourth-order valence-electron chi connectivity index (χ4n) is 2.13. The Bertz CT molecular complexity index is 664. The monoisotopic (exact) mass is 312 g/mol. The summed E-state index contributed by atoms with van der Waals surface area (Å²) in [7, 11) is 0. The molecular formula is C19H24N2O2. The summed E-state index contributed by atoms with van der Waals surface area (Å²) in [6.07, 6.45) is 0.137. The molecule has 0 unspecified atom stereocenters. The standard InChI is InChI=1S/C19H24N2O2/c1-13(2)23-18-9-7-16(8-10-18)21-19(22)12-20-17-6-5-14(3)15(4)11-17/h5-11,13,20H,12H2,1-4H3,(H,21,22). The molecule has 23 heavy (non-hydrogen) atoms. The molecule has 0 saturated carbocycles. The van der Waals surface area contributed by atoms with Crippen molar-refractivity contribution in [1.29, 1.82) is 0 Å². The van der Waals surface area contributed by atoms with Crippen LogP contribution in [0.25, 0.3) is 0 Å². The molecule has 0 bridgehead atoms. The zero-order valence-electron chi connectivity index (χ0n) is 14.1. The van der Waals surface area contributed by atoms with E-state index < -0.39 is 0 Å². The molecule has 2 rings (SSSR count). The van der Waals surface area contributed by atoms with E-state index in [1.165, 1.54) is 11.1 Å². The van der Waals surface area contributed by atoms with Crippen molar-refractivity contribution in [2.24, 2.45) is 0 Å². The van der Waals surface area contributed by atoms with Crippen molar-refractivity contribution in [2.75, 3.05) is 17.2 Å². The molecule has 0 aliphatic heterocycles. The number of hydrogen-bond donors (Lipinski definition) is 2. The van der Waals surface area contributed by atoms with E-state index in [0.29, 0.717) is 0 Å². The second-order valence-corrected chi connectivity index (χ2v) is 5.89. The first-order valence-corrected chi connectivity index (χ1v) is 7.82. The molecule has 0 aliphatic carbocycles. The van der Waals surface area contributed by atoms with Crippen molar-refractivity contribution in [2.45, 2.75) is 33.8 Å². The van der Waals surface area contributed by atoms with Crippen LogP contribution in [0.15, 0.2) is 42.5 Å². The maximum Gasteiger partial charge on any atom is 0.243 e. The fraction of sp³-hybridized carbons (Fsp3) is 0.316. The molecule has 0 fully saturated rings. The smallest absolute Gasteiger partial charge is 0.243 e. The third kappa shape index (κ3) is 5.33. The Labute approximate surface area is 137 Å². The van der Waals surface area contributed by atoms with Crippen LogP contribution in [0.2, 0.25) is 0 Å². The summed E-state index contributed by atoms with van der Waals surface area (Å²) in [6, 6.07) is 13.5. The van der Waals surface area contributed by atoms with Gasteiger partial charge >= 0.3 is 0 Å². The Balaban J connectivity index is 1.85. The summed E-state index contributed by atoms with van der Waals surface area (Å²) in [5.74, 6) is 0.715. The van der Waals surface area contributed by atoms with E-state index in [-0.39, 0.29) is 18.6 Å². The summed E-state index contributed by atoms with van der Waals surface area (Å²) in [5.41, 5.74) is 4.15. The zero-order chi connectivity index (χ0) is 16.8. The van der Waals surface area contributed by atoms with E-state index >= 15 is 0 Å². The number of rotatable bonds is 6. The van der Waals surface area contributed by atoms with Gasteiger partial charge in [-0.3, -0.25) is 4.79 Å². The lowest BCUT2D eigenvalue weighted by molar-refractivity contribution is -0.114. The fourth-order valence-corrected chi connectivity index (χ4v) is 2.13. The molecule has 4 heteroatoms. The van der Waals surface area contributed by atoms with Gasteiger partial charge in [-0.15, -0.1) is 0 Å². The number of aryl methyl sites for hydroxylation is 2. The van der Waals surface area contributed by atoms with Crippen molar-refractivity contribution < 1.29 is 9.53 Å². The van der Waals surface area contributed by atoms with Crippen LogP contribution in [-0.2, 0) is 4.79 Å². The molecule has 2 N–H and O–H groups in total. The van der Waals surface area contributed by atoms with Gasteiger partial charge in [0.1, 0.15) is 5.75 Å². The van der Waals surface area contributed by atoms with Gasteiger partial charge in [-0.25, -0.2) is 0 Å². The maximum absolute atomic E-state index is 12.0. The second kappa shape index (κ2) is 7.68. The first-order valence-electron chi connectivity index (χ1n) is 7.82. The van der Waals surface area contributed by atoms with Crippen LogP contribution in [0.1, 0.15) is 25.0 Å². The van der Waals surface area contributed by atoms with Gasteiger partial charge in [0.05, 0.1) is 12.6 Å². The average Bonchev–Trinajstić information content (AvgIpc) is 2.50. The number of amides is 1. The number of carbonyl (C=O) groups is 1. The lowest BCUT2D eigenvalue weighted by Gasteiger charge is -2.11. The van der Waals surface area contributed by atoms with Gasteiger partial charge in [0.2, 0.25) is 5.91 Å². The normalized spacial score (nSPS) is 10.5. The Morgan fingerprint density at radius 2 is 1.65 bits per heavy atom. The maximum atomic E-state index is 12.0. The number of nitrogens with one attached hydrogen (secondary N) is 2. The van der Waals surface area contributed by atoms with Crippen molar-refractivity contribution in [3.8, 4) is 5.75 Å². The number of carbonyl (C=O) groups excluding carboxylic acids is 1. The van der Waals surface area contributed by atoms with E-state index in [1.54, 1.807) is 0 Å². The highest BCUT2D eigenvalue weighted by molar-refractivity contribution is 5.93. The van der Waals surface area contributed by atoms with Gasteiger partial charge in [-0.1, -0.05) is 6.07 Å². The summed E-state index contributed by atoms with van der Waals surface area (Å²) in [5, 5.41) is 6.00. The zero-order valence-corrected chi connectivity index (χ0v) is 14.1. The Morgan fingerprint density at radius 1 is 1.00 bits per heavy atom. The first kappa shape index (κ1) is 16.9. The lowest BCUT2D eigenvalue weighted by atomic mass is 10.1. The average molecular weight is 312 g/mol. The molecular weight excluding hydrogens is 288 g/mol. The predicted molar refractivity (Wildman–Crippen MR) is 95.2 cm³/mol. The third-order valence-corrected chi connectivity index (χ3v) is 3.47. The Hall–Kier alpha value is -2.49.